The molecule has 0 aliphatic rings. The van der Waals surface area contributed by atoms with Crippen molar-refractivity contribution in [2.75, 3.05) is 5.73 Å². The number of nitrogens with zero attached hydrogens (tertiary/aromatic N) is 3. The third-order valence-corrected chi connectivity index (χ3v) is 2.30. The second-order valence-electron chi connectivity index (χ2n) is 3.31. The Labute approximate surface area is 91.5 Å². The van der Waals surface area contributed by atoms with Crippen molar-refractivity contribution in [1.29, 1.82) is 0 Å². The smallest absolute Gasteiger partial charge is 0.332 e. The molecule has 0 bridgehead atoms. The van der Waals surface area contributed by atoms with Crippen LogP contribution in [0.15, 0.2) is 14.8 Å². The molecule has 0 fully saturated rings. The first-order chi connectivity index (χ1) is 7.58. The van der Waals surface area contributed by atoms with Crippen molar-refractivity contribution in [3.63, 3.8) is 0 Å². The van der Waals surface area contributed by atoms with Crippen LogP contribution in [-0.4, -0.2) is 9.13 Å². The third kappa shape index (κ3) is 1.75. The first-order valence-corrected chi connectivity index (χ1v) is 5.04. The minimum absolute atomic E-state index is 0.167. The molecule has 0 aliphatic heterocycles. The molecule has 1 heterocycles. The highest BCUT2D eigenvalue weighted by atomic mass is 16.3. The zero-order valence-electron chi connectivity index (χ0n) is 9.27. The zero-order valence-corrected chi connectivity index (χ0v) is 9.27. The van der Waals surface area contributed by atoms with Crippen molar-refractivity contribution >= 4 is 11.5 Å². The molecule has 2 N–H and O–H groups in total. The summed E-state index contributed by atoms with van der Waals surface area (Å²) in [4.78, 5) is 34.0. The summed E-state index contributed by atoms with van der Waals surface area (Å²) in [6.45, 7) is 4.07. The number of nitrogen functional groups attached to an aromatic ring is 1. The Hall–Kier alpha value is -1.92. The maximum Gasteiger partial charge on any atom is 0.332 e. The number of nitrogens with two attached hydrogens (primary N) is 1. The SMILES string of the molecule is CCCn1c(=O)c(N=O)c(N)n(CC)c1=O. The van der Waals surface area contributed by atoms with E-state index in [0.717, 1.165) is 9.13 Å². The monoisotopic (exact) mass is 226 g/mol. The zero-order chi connectivity index (χ0) is 12.3. The van der Waals surface area contributed by atoms with Gasteiger partial charge in [0.15, 0.2) is 0 Å². The number of hydrogen-bond donors (Lipinski definition) is 1. The van der Waals surface area contributed by atoms with Gasteiger partial charge < -0.3 is 5.73 Å². The van der Waals surface area contributed by atoms with Gasteiger partial charge in [-0.05, 0) is 18.5 Å². The quantitative estimate of drug-likeness (QED) is 0.752. The molecular formula is C9H14N4O3. The summed E-state index contributed by atoms with van der Waals surface area (Å²) in [6, 6.07) is 0. The first-order valence-electron chi connectivity index (χ1n) is 5.04. The fraction of sp³-hybridized carbons (Fsp3) is 0.556. The molecule has 1 rings (SSSR count). The molecule has 88 valence electrons. The van der Waals surface area contributed by atoms with E-state index in [-0.39, 0.29) is 18.9 Å². The van der Waals surface area contributed by atoms with E-state index in [0.29, 0.717) is 6.42 Å². The standard InChI is InChI=1S/C9H14N4O3/c1-3-5-13-8(14)6(11-16)7(10)12(4-2)9(13)15/h3-5,10H2,1-2H3. The molecule has 0 saturated heterocycles. The molecule has 16 heavy (non-hydrogen) atoms. The molecular weight excluding hydrogens is 212 g/mol. The lowest BCUT2D eigenvalue weighted by atomic mass is 10.4. The van der Waals surface area contributed by atoms with Crippen molar-refractivity contribution in [2.24, 2.45) is 5.18 Å². The highest BCUT2D eigenvalue weighted by Gasteiger charge is 2.16. The topological polar surface area (TPSA) is 99.4 Å². The van der Waals surface area contributed by atoms with Gasteiger partial charge >= 0.3 is 5.69 Å². The van der Waals surface area contributed by atoms with Gasteiger partial charge in [-0.15, -0.1) is 4.91 Å². The van der Waals surface area contributed by atoms with E-state index >= 15 is 0 Å². The lowest BCUT2D eigenvalue weighted by Crippen LogP contribution is -2.40. The van der Waals surface area contributed by atoms with Gasteiger partial charge in [0.05, 0.1) is 0 Å². The summed E-state index contributed by atoms with van der Waals surface area (Å²) < 4.78 is 2.14. The molecule has 1 aromatic rings. The Morgan fingerprint density at radius 2 is 1.88 bits per heavy atom. The fourth-order valence-corrected chi connectivity index (χ4v) is 1.51. The van der Waals surface area contributed by atoms with Crippen LogP contribution in [0.25, 0.3) is 0 Å². The van der Waals surface area contributed by atoms with Gasteiger partial charge in [-0.1, -0.05) is 6.92 Å². The van der Waals surface area contributed by atoms with Crippen LogP contribution in [-0.2, 0) is 13.1 Å². The number of hydrogen-bond acceptors (Lipinski definition) is 5. The molecule has 0 spiro atoms. The summed E-state index contributed by atoms with van der Waals surface area (Å²) in [5.41, 5.74) is 3.91. The predicted octanol–water partition coefficient (Wildman–Crippen LogP) is 0.420. The van der Waals surface area contributed by atoms with Crippen LogP contribution >= 0.6 is 0 Å². The maximum absolute atomic E-state index is 11.8. The highest BCUT2D eigenvalue weighted by molar-refractivity contribution is 5.55. The molecule has 0 amide bonds. The van der Waals surface area contributed by atoms with Crippen LogP contribution in [0.5, 0.6) is 0 Å². The lowest BCUT2D eigenvalue weighted by molar-refractivity contribution is 0.564. The second kappa shape index (κ2) is 4.73. The van der Waals surface area contributed by atoms with Gasteiger partial charge in [-0.3, -0.25) is 13.9 Å². The number of aromatic nitrogens is 2. The summed E-state index contributed by atoms with van der Waals surface area (Å²) in [7, 11) is 0. The average Bonchev–Trinajstić information content (AvgIpc) is 2.26. The summed E-state index contributed by atoms with van der Waals surface area (Å²) >= 11 is 0. The van der Waals surface area contributed by atoms with Crippen LogP contribution in [0.3, 0.4) is 0 Å². The molecule has 0 radical (unpaired) electrons. The lowest BCUT2D eigenvalue weighted by Gasteiger charge is -2.11. The molecule has 1 aromatic heterocycles. The van der Waals surface area contributed by atoms with Gasteiger partial charge in [0, 0.05) is 13.1 Å². The second-order valence-corrected chi connectivity index (χ2v) is 3.31. The van der Waals surface area contributed by atoms with E-state index in [2.05, 4.69) is 5.18 Å². The summed E-state index contributed by atoms with van der Waals surface area (Å²) in [5.74, 6) is -0.167. The van der Waals surface area contributed by atoms with E-state index < -0.39 is 16.9 Å². The Morgan fingerprint density at radius 3 is 2.31 bits per heavy atom. The van der Waals surface area contributed by atoms with Crippen LogP contribution in [0, 0.1) is 4.91 Å². The number of nitroso groups, excluding NO2 is 1. The van der Waals surface area contributed by atoms with Crippen LogP contribution in [0.4, 0.5) is 11.5 Å². The van der Waals surface area contributed by atoms with Crippen molar-refractivity contribution in [3.8, 4) is 0 Å². The van der Waals surface area contributed by atoms with E-state index in [4.69, 9.17) is 5.73 Å². The van der Waals surface area contributed by atoms with Crippen LogP contribution < -0.4 is 17.0 Å². The van der Waals surface area contributed by atoms with Crippen molar-refractivity contribution < 1.29 is 0 Å². The average molecular weight is 226 g/mol. The number of rotatable bonds is 4. The summed E-state index contributed by atoms with van der Waals surface area (Å²) in [6.07, 6.45) is 0.612. The Morgan fingerprint density at radius 1 is 1.25 bits per heavy atom. The third-order valence-electron chi connectivity index (χ3n) is 2.30. The molecule has 0 aliphatic carbocycles. The maximum atomic E-state index is 11.8. The van der Waals surface area contributed by atoms with E-state index in [9.17, 15) is 14.5 Å². The Kier molecular flexibility index (Phi) is 3.60. The molecule has 0 atom stereocenters. The fourth-order valence-electron chi connectivity index (χ4n) is 1.51. The van der Waals surface area contributed by atoms with Gasteiger partial charge in [0.25, 0.3) is 5.56 Å². The minimum Gasteiger partial charge on any atom is -0.383 e. The normalized spacial score (nSPS) is 10.4. The van der Waals surface area contributed by atoms with Gasteiger partial charge in [-0.25, -0.2) is 4.79 Å². The van der Waals surface area contributed by atoms with Crippen LogP contribution in [0.2, 0.25) is 0 Å². The molecule has 0 aromatic carbocycles. The van der Waals surface area contributed by atoms with Gasteiger partial charge in [0.1, 0.15) is 5.82 Å². The Balaban J connectivity index is 3.70. The first kappa shape index (κ1) is 12.2. The minimum atomic E-state index is -0.718. The molecule has 7 nitrogen and oxygen atoms in total. The summed E-state index contributed by atoms with van der Waals surface area (Å²) in [5, 5.41) is 2.59. The van der Waals surface area contributed by atoms with Gasteiger partial charge in [-0.2, -0.15) is 0 Å². The van der Waals surface area contributed by atoms with E-state index in [1.165, 1.54) is 0 Å². The largest absolute Gasteiger partial charge is 0.383 e. The molecule has 0 unspecified atom stereocenters. The highest BCUT2D eigenvalue weighted by Crippen LogP contribution is 2.13. The van der Waals surface area contributed by atoms with Crippen molar-refractivity contribution in [3.05, 3.63) is 25.7 Å². The van der Waals surface area contributed by atoms with Crippen LogP contribution in [0.1, 0.15) is 20.3 Å². The van der Waals surface area contributed by atoms with Crippen molar-refractivity contribution in [2.45, 2.75) is 33.4 Å². The van der Waals surface area contributed by atoms with E-state index in [1.54, 1.807) is 6.92 Å². The Bertz CT molecular complexity index is 515. The molecule has 0 saturated carbocycles. The van der Waals surface area contributed by atoms with E-state index in [1.807, 2.05) is 6.92 Å². The molecule has 7 heteroatoms. The predicted molar refractivity (Wildman–Crippen MR) is 60.8 cm³/mol. The van der Waals surface area contributed by atoms with Gasteiger partial charge in [0.2, 0.25) is 5.69 Å². The number of anilines is 1. The van der Waals surface area contributed by atoms with Crippen molar-refractivity contribution in [1.82, 2.24) is 9.13 Å².